The summed E-state index contributed by atoms with van der Waals surface area (Å²) in [7, 11) is 2.16. The predicted octanol–water partition coefficient (Wildman–Crippen LogP) is 2.42. The molecule has 1 aromatic carbocycles. The molecule has 3 aliphatic rings. The second-order valence-corrected chi connectivity index (χ2v) is 8.61. The van der Waals surface area contributed by atoms with E-state index in [-0.39, 0.29) is 6.04 Å². The van der Waals surface area contributed by atoms with Gasteiger partial charge in [-0.1, -0.05) is 11.6 Å². The van der Waals surface area contributed by atoms with Gasteiger partial charge in [0.25, 0.3) is 0 Å². The van der Waals surface area contributed by atoms with Crippen LogP contribution in [0.2, 0.25) is 0 Å². The third kappa shape index (κ3) is 2.88. The van der Waals surface area contributed by atoms with E-state index in [1.54, 1.807) is 0 Å². The molecule has 27 heavy (non-hydrogen) atoms. The zero-order valence-electron chi connectivity index (χ0n) is 16.6. The van der Waals surface area contributed by atoms with Crippen LogP contribution >= 0.6 is 0 Å². The first-order chi connectivity index (χ1) is 13.1. The quantitative estimate of drug-likeness (QED) is 0.818. The maximum atomic E-state index is 13.2. The Morgan fingerprint density at radius 3 is 2.74 bits per heavy atom. The van der Waals surface area contributed by atoms with Gasteiger partial charge in [0, 0.05) is 55.9 Å². The molecule has 1 aliphatic carbocycles. The minimum absolute atomic E-state index is 0.273. The molecule has 2 aliphatic heterocycles. The van der Waals surface area contributed by atoms with Gasteiger partial charge in [0.05, 0.1) is 12.6 Å². The van der Waals surface area contributed by atoms with Gasteiger partial charge in [0.15, 0.2) is 0 Å². The van der Waals surface area contributed by atoms with E-state index in [2.05, 4.69) is 51.4 Å². The molecule has 1 atom stereocenters. The number of carbonyl (C=O) groups is 1. The van der Waals surface area contributed by atoms with E-state index in [1.165, 1.54) is 34.1 Å². The number of fused-ring (bicyclic) bond motifs is 3. The Bertz CT molecular complexity index is 878. The second-order valence-electron chi connectivity index (χ2n) is 8.61. The van der Waals surface area contributed by atoms with Gasteiger partial charge in [-0.3, -0.25) is 9.69 Å². The summed E-state index contributed by atoms with van der Waals surface area (Å²) in [6.07, 6.45) is 3.44. The number of amides is 1. The van der Waals surface area contributed by atoms with Crippen molar-refractivity contribution >= 4 is 16.8 Å². The number of nitrogens with zero attached hydrogens (tertiary/aromatic N) is 4. The highest BCUT2D eigenvalue weighted by atomic mass is 16.2. The van der Waals surface area contributed by atoms with Crippen molar-refractivity contribution in [1.29, 1.82) is 0 Å². The molecule has 1 fully saturated rings. The van der Waals surface area contributed by atoms with Crippen LogP contribution in [0, 0.1) is 6.92 Å². The third-order valence-electron chi connectivity index (χ3n) is 6.80. The molecule has 0 N–H and O–H groups in total. The van der Waals surface area contributed by atoms with Crippen LogP contribution in [0.25, 0.3) is 10.9 Å². The van der Waals surface area contributed by atoms with Crippen molar-refractivity contribution in [3.63, 3.8) is 0 Å². The van der Waals surface area contributed by atoms with E-state index in [1.807, 2.05) is 0 Å². The minimum atomic E-state index is 0.273. The summed E-state index contributed by atoms with van der Waals surface area (Å²) in [5.41, 5.74) is 5.62. The average Bonchev–Trinajstić information content (AvgIpc) is 2.99. The first-order valence-electron chi connectivity index (χ1n) is 10.4. The lowest BCUT2D eigenvalue weighted by Crippen LogP contribution is -2.51. The van der Waals surface area contributed by atoms with Crippen LogP contribution in [0.5, 0.6) is 0 Å². The fourth-order valence-corrected chi connectivity index (χ4v) is 5.30. The molecule has 5 nitrogen and oxygen atoms in total. The molecule has 1 aromatic heterocycles. The van der Waals surface area contributed by atoms with Crippen molar-refractivity contribution in [2.24, 2.45) is 0 Å². The van der Waals surface area contributed by atoms with Crippen molar-refractivity contribution in [3.8, 4) is 0 Å². The van der Waals surface area contributed by atoms with Gasteiger partial charge in [0.1, 0.15) is 0 Å². The van der Waals surface area contributed by atoms with Gasteiger partial charge in [-0.15, -0.1) is 0 Å². The Balaban J connectivity index is 1.44. The molecule has 144 valence electrons. The van der Waals surface area contributed by atoms with Gasteiger partial charge < -0.3 is 14.4 Å². The lowest BCUT2D eigenvalue weighted by atomic mass is 9.89. The van der Waals surface area contributed by atoms with E-state index in [0.717, 1.165) is 52.1 Å². The summed E-state index contributed by atoms with van der Waals surface area (Å²) < 4.78 is 2.51. The van der Waals surface area contributed by atoms with Gasteiger partial charge >= 0.3 is 0 Å². The summed E-state index contributed by atoms with van der Waals surface area (Å²) in [6, 6.07) is 7.11. The highest BCUT2D eigenvalue weighted by Gasteiger charge is 2.37. The Morgan fingerprint density at radius 2 is 1.93 bits per heavy atom. The second kappa shape index (κ2) is 6.64. The number of hydrogen-bond acceptors (Lipinski definition) is 3. The maximum absolute atomic E-state index is 13.2. The number of hydrogen-bond donors (Lipinski definition) is 0. The molecule has 0 unspecified atom stereocenters. The van der Waals surface area contributed by atoms with Crippen molar-refractivity contribution < 1.29 is 4.79 Å². The Morgan fingerprint density at radius 1 is 1.11 bits per heavy atom. The van der Waals surface area contributed by atoms with E-state index in [9.17, 15) is 4.79 Å². The number of piperazine rings is 1. The highest BCUT2D eigenvalue weighted by molar-refractivity contribution is 5.88. The maximum Gasteiger partial charge on any atom is 0.237 e. The van der Waals surface area contributed by atoms with Crippen LogP contribution in [-0.4, -0.2) is 71.5 Å². The summed E-state index contributed by atoms with van der Waals surface area (Å²) >= 11 is 0. The van der Waals surface area contributed by atoms with Gasteiger partial charge in [-0.05, 0) is 50.9 Å². The molecule has 0 saturated carbocycles. The smallest absolute Gasteiger partial charge is 0.237 e. The highest BCUT2D eigenvalue weighted by Crippen LogP contribution is 2.42. The summed E-state index contributed by atoms with van der Waals surface area (Å²) in [6.45, 7) is 8.68. The lowest BCUT2D eigenvalue weighted by molar-refractivity contribution is -0.136. The van der Waals surface area contributed by atoms with Crippen LogP contribution in [0.3, 0.4) is 0 Å². The number of carbonyl (C=O) groups excluding carboxylic acids is 1. The van der Waals surface area contributed by atoms with Gasteiger partial charge in [-0.2, -0.15) is 0 Å². The zero-order chi connectivity index (χ0) is 18.5. The topological polar surface area (TPSA) is 31.7 Å². The molecule has 0 radical (unpaired) electrons. The fourth-order valence-electron chi connectivity index (χ4n) is 5.30. The molecule has 1 saturated heterocycles. The van der Waals surface area contributed by atoms with Crippen molar-refractivity contribution in [2.45, 2.75) is 38.8 Å². The summed E-state index contributed by atoms with van der Waals surface area (Å²) in [4.78, 5) is 20.1. The van der Waals surface area contributed by atoms with Crippen LogP contribution in [0.4, 0.5) is 0 Å². The minimum Gasteiger partial charge on any atom is -0.341 e. The normalized spacial score (nSPS) is 23.6. The molecule has 5 rings (SSSR count). The van der Waals surface area contributed by atoms with Crippen LogP contribution in [-0.2, 0) is 17.8 Å². The van der Waals surface area contributed by atoms with E-state index < -0.39 is 0 Å². The molecule has 2 aromatic rings. The lowest BCUT2D eigenvalue weighted by Gasteiger charge is -2.41. The number of likely N-dealkylation sites (N-methyl/N-ethyl adjacent to an activating group) is 1. The van der Waals surface area contributed by atoms with Gasteiger partial charge in [0.2, 0.25) is 5.91 Å². The molecule has 0 spiro atoms. The van der Waals surface area contributed by atoms with Crippen LogP contribution in [0.15, 0.2) is 18.2 Å². The standard InChI is InChI=1S/C22H30N4O/c1-16-6-7-19-18(14-16)17-4-3-5-20-22(17)26(19)13-12-25(20)21(27)15-24-10-8-23(2)9-11-24/h6-7,14,20H,3-5,8-13,15H2,1-2H3/t20-/m0/s1. The first kappa shape index (κ1) is 17.3. The average molecular weight is 367 g/mol. The molecule has 0 bridgehead atoms. The molecule has 5 heteroatoms. The summed E-state index contributed by atoms with van der Waals surface area (Å²) in [5.74, 6) is 0.324. The number of aryl methyl sites for hydroxylation is 2. The fraction of sp³-hybridized carbons (Fsp3) is 0.591. The van der Waals surface area contributed by atoms with E-state index in [4.69, 9.17) is 0 Å². The predicted molar refractivity (Wildman–Crippen MR) is 108 cm³/mol. The monoisotopic (exact) mass is 366 g/mol. The molecule has 1 amide bonds. The van der Waals surface area contributed by atoms with Crippen molar-refractivity contribution in [1.82, 2.24) is 19.3 Å². The molecule has 3 heterocycles. The Hall–Kier alpha value is -1.85. The van der Waals surface area contributed by atoms with E-state index in [0.29, 0.717) is 12.5 Å². The van der Waals surface area contributed by atoms with Crippen molar-refractivity contribution in [2.75, 3.05) is 46.3 Å². The van der Waals surface area contributed by atoms with E-state index >= 15 is 0 Å². The number of rotatable bonds is 2. The summed E-state index contributed by atoms with van der Waals surface area (Å²) in [5, 5.41) is 1.42. The number of benzene rings is 1. The van der Waals surface area contributed by atoms with Crippen molar-refractivity contribution in [3.05, 3.63) is 35.0 Å². The first-order valence-corrected chi connectivity index (χ1v) is 10.4. The number of aromatic nitrogens is 1. The van der Waals surface area contributed by atoms with Gasteiger partial charge in [-0.25, -0.2) is 0 Å². The largest absolute Gasteiger partial charge is 0.341 e. The molecular formula is C22H30N4O. The van der Waals surface area contributed by atoms with Crippen LogP contribution in [0.1, 0.15) is 35.7 Å². The SMILES string of the molecule is Cc1ccc2c(c1)c1c3n2CCN(C(=O)CN2CCN(C)CC2)[C@H]3CCC1. The third-order valence-corrected chi connectivity index (χ3v) is 6.80. The van der Waals surface area contributed by atoms with Crippen LogP contribution < -0.4 is 0 Å². The molecular weight excluding hydrogens is 336 g/mol. The zero-order valence-corrected chi connectivity index (χ0v) is 16.6. The Kier molecular flexibility index (Phi) is 4.25. The Labute approximate surface area is 161 Å².